The average Bonchev–Trinajstić information content (AvgIpc) is 2.84. The van der Waals surface area contributed by atoms with Gasteiger partial charge in [-0.15, -0.1) is 0 Å². The summed E-state index contributed by atoms with van der Waals surface area (Å²) in [6.45, 7) is 1.67. The summed E-state index contributed by atoms with van der Waals surface area (Å²) >= 11 is 0. The van der Waals surface area contributed by atoms with Gasteiger partial charge < -0.3 is 5.32 Å². The van der Waals surface area contributed by atoms with E-state index in [1.807, 2.05) is 0 Å². The zero-order chi connectivity index (χ0) is 15.3. The van der Waals surface area contributed by atoms with Crippen LogP contribution in [0.1, 0.15) is 38.5 Å². The standard InChI is InChI=1S/C18H29NO2S/c1-22(20,21)18-11-19-10-9-16-15-6-5-12-3-2-4-13(12)14(15)7-8-17(16)18/h2-3,12-19H,4-11H2,1H3. The third kappa shape index (κ3) is 2.47. The lowest BCUT2D eigenvalue weighted by molar-refractivity contribution is 0.00405. The number of hydrogen-bond acceptors (Lipinski definition) is 3. The van der Waals surface area contributed by atoms with E-state index >= 15 is 0 Å². The first-order valence-electron chi connectivity index (χ1n) is 9.12. The maximum atomic E-state index is 12.3. The van der Waals surface area contributed by atoms with E-state index in [1.165, 1.54) is 38.4 Å². The van der Waals surface area contributed by atoms with Gasteiger partial charge in [0.1, 0.15) is 0 Å². The zero-order valence-corrected chi connectivity index (χ0v) is 14.4. The molecule has 1 heterocycles. The van der Waals surface area contributed by atoms with Gasteiger partial charge in [-0.05, 0) is 80.6 Å². The molecule has 0 bridgehead atoms. The monoisotopic (exact) mass is 323 g/mol. The van der Waals surface area contributed by atoms with Gasteiger partial charge in [0.25, 0.3) is 0 Å². The van der Waals surface area contributed by atoms with Crippen molar-refractivity contribution in [2.24, 2.45) is 35.5 Å². The Morgan fingerprint density at radius 2 is 1.59 bits per heavy atom. The van der Waals surface area contributed by atoms with Gasteiger partial charge in [-0.3, -0.25) is 0 Å². The zero-order valence-electron chi connectivity index (χ0n) is 13.6. The molecule has 124 valence electrons. The lowest BCUT2D eigenvalue weighted by Gasteiger charge is -2.51. The summed E-state index contributed by atoms with van der Waals surface area (Å²) in [5, 5.41) is 3.26. The molecule has 0 aromatic rings. The number of sulfone groups is 1. The Kier molecular flexibility index (Phi) is 3.88. The molecule has 22 heavy (non-hydrogen) atoms. The predicted octanol–water partition coefficient (Wildman–Crippen LogP) is 2.64. The van der Waals surface area contributed by atoms with Gasteiger partial charge in [-0.25, -0.2) is 8.42 Å². The van der Waals surface area contributed by atoms with Gasteiger partial charge in [-0.1, -0.05) is 12.2 Å². The van der Waals surface area contributed by atoms with Crippen molar-refractivity contribution >= 4 is 9.84 Å². The fourth-order valence-electron chi connectivity index (χ4n) is 6.35. The smallest absolute Gasteiger partial charge is 0.151 e. The molecule has 0 spiro atoms. The molecule has 1 saturated heterocycles. The summed E-state index contributed by atoms with van der Waals surface area (Å²) < 4.78 is 24.6. The lowest BCUT2D eigenvalue weighted by Crippen LogP contribution is -2.47. The maximum Gasteiger partial charge on any atom is 0.151 e. The minimum absolute atomic E-state index is 0.152. The Hall–Kier alpha value is -0.350. The van der Waals surface area contributed by atoms with Crippen molar-refractivity contribution in [3.8, 4) is 0 Å². The second-order valence-electron chi connectivity index (χ2n) is 8.16. The van der Waals surface area contributed by atoms with Gasteiger partial charge in [0, 0.05) is 12.8 Å². The van der Waals surface area contributed by atoms with E-state index in [9.17, 15) is 8.42 Å². The summed E-state index contributed by atoms with van der Waals surface area (Å²) in [4.78, 5) is 0. The van der Waals surface area contributed by atoms with Crippen LogP contribution in [0.15, 0.2) is 12.2 Å². The second kappa shape index (κ2) is 5.62. The maximum absolute atomic E-state index is 12.3. The third-order valence-corrected chi connectivity index (χ3v) is 8.85. The van der Waals surface area contributed by atoms with Crippen LogP contribution in [0.3, 0.4) is 0 Å². The summed E-state index contributed by atoms with van der Waals surface area (Å²) in [7, 11) is -2.95. The van der Waals surface area contributed by atoms with Crippen LogP contribution < -0.4 is 5.32 Å². The molecule has 4 rings (SSSR count). The highest BCUT2D eigenvalue weighted by Gasteiger charge is 2.50. The third-order valence-electron chi connectivity index (χ3n) is 7.24. The van der Waals surface area contributed by atoms with Crippen LogP contribution in [-0.2, 0) is 9.84 Å². The lowest BCUT2D eigenvalue weighted by atomic mass is 9.55. The Morgan fingerprint density at radius 3 is 2.41 bits per heavy atom. The fourth-order valence-corrected chi connectivity index (χ4v) is 7.74. The van der Waals surface area contributed by atoms with Crippen LogP contribution in [0.2, 0.25) is 0 Å². The molecule has 7 atom stereocenters. The Morgan fingerprint density at radius 1 is 0.909 bits per heavy atom. The van der Waals surface area contributed by atoms with E-state index in [2.05, 4.69) is 17.5 Å². The van der Waals surface area contributed by atoms with Crippen LogP contribution in [0.4, 0.5) is 0 Å². The van der Waals surface area contributed by atoms with Crippen molar-refractivity contribution in [2.45, 2.75) is 43.8 Å². The Balaban J connectivity index is 1.61. The first-order chi connectivity index (χ1) is 10.6. The van der Waals surface area contributed by atoms with E-state index in [0.717, 1.165) is 36.6 Å². The first kappa shape index (κ1) is 15.2. The summed E-state index contributed by atoms with van der Waals surface area (Å²) in [6, 6.07) is 0. The number of rotatable bonds is 1. The van der Waals surface area contributed by atoms with Gasteiger partial charge in [0.15, 0.2) is 9.84 Å². The van der Waals surface area contributed by atoms with E-state index in [4.69, 9.17) is 0 Å². The van der Waals surface area contributed by atoms with Gasteiger partial charge in [0.2, 0.25) is 0 Å². The van der Waals surface area contributed by atoms with Crippen molar-refractivity contribution in [1.82, 2.24) is 5.32 Å². The van der Waals surface area contributed by atoms with Gasteiger partial charge in [-0.2, -0.15) is 0 Å². The van der Waals surface area contributed by atoms with E-state index in [0.29, 0.717) is 18.4 Å². The highest BCUT2D eigenvalue weighted by Crippen LogP contribution is 2.55. The highest BCUT2D eigenvalue weighted by molar-refractivity contribution is 7.91. The molecule has 7 unspecified atom stereocenters. The normalized spacial score (nSPS) is 48.1. The number of hydrogen-bond donors (Lipinski definition) is 1. The number of allylic oxidation sites excluding steroid dienone is 2. The van der Waals surface area contributed by atoms with Crippen LogP contribution in [-0.4, -0.2) is 33.0 Å². The first-order valence-corrected chi connectivity index (χ1v) is 11.1. The van der Waals surface area contributed by atoms with Gasteiger partial charge >= 0.3 is 0 Å². The highest BCUT2D eigenvalue weighted by atomic mass is 32.2. The Labute approximate surface area is 134 Å². The fraction of sp³-hybridized carbons (Fsp3) is 0.889. The van der Waals surface area contributed by atoms with Crippen molar-refractivity contribution < 1.29 is 8.42 Å². The molecule has 0 aromatic carbocycles. The molecular formula is C18H29NO2S. The molecule has 0 radical (unpaired) electrons. The number of nitrogens with one attached hydrogen (secondary N) is 1. The average molecular weight is 324 g/mol. The molecule has 3 nitrogen and oxygen atoms in total. The van der Waals surface area contributed by atoms with Crippen LogP contribution in [0.5, 0.6) is 0 Å². The predicted molar refractivity (Wildman–Crippen MR) is 89.3 cm³/mol. The van der Waals surface area contributed by atoms with Gasteiger partial charge in [0.05, 0.1) is 5.25 Å². The van der Waals surface area contributed by atoms with E-state index in [-0.39, 0.29) is 5.25 Å². The molecule has 4 heteroatoms. The summed E-state index contributed by atoms with van der Waals surface area (Å²) in [6.07, 6.45) is 13.8. The van der Waals surface area contributed by atoms with E-state index < -0.39 is 9.84 Å². The molecule has 1 aliphatic heterocycles. The van der Waals surface area contributed by atoms with E-state index in [1.54, 1.807) is 0 Å². The topological polar surface area (TPSA) is 46.2 Å². The molecule has 1 N–H and O–H groups in total. The SMILES string of the molecule is CS(=O)(=O)C1CNCCC2C3CCC4C=CCC4C3CCC21. The molecule has 4 aliphatic rings. The Bertz CT molecular complexity index is 555. The molecule has 3 aliphatic carbocycles. The van der Waals surface area contributed by atoms with Crippen molar-refractivity contribution in [3.63, 3.8) is 0 Å². The largest absolute Gasteiger partial charge is 0.315 e. The van der Waals surface area contributed by atoms with Crippen molar-refractivity contribution in [2.75, 3.05) is 19.3 Å². The molecular weight excluding hydrogens is 294 g/mol. The van der Waals surface area contributed by atoms with Crippen LogP contribution in [0.25, 0.3) is 0 Å². The second-order valence-corrected chi connectivity index (χ2v) is 10.4. The summed E-state index contributed by atoms with van der Waals surface area (Å²) in [5.74, 6) is 4.37. The summed E-state index contributed by atoms with van der Waals surface area (Å²) in [5.41, 5.74) is 0. The molecule has 2 saturated carbocycles. The minimum atomic E-state index is -2.95. The quantitative estimate of drug-likeness (QED) is 0.755. The van der Waals surface area contributed by atoms with Crippen molar-refractivity contribution in [3.05, 3.63) is 12.2 Å². The molecule has 0 amide bonds. The minimum Gasteiger partial charge on any atom is -0.315 e. The van der Waals surface area contributed by atoms with Crippen LogP contribution in [0, 0.1) is 35.5 Å². The van der Waals surface area contributed by atoms with Crippen molar-refractivity contribution in [1.29, 1.82) is 0 Å². The van der Waals surface area contributed by atoms with Crippen LogP contribution >= 0.6 is 0 Å². The molecule has 0 aromatic heterocycles. The number of fused-ring (bicyclic) bond motifs is 5. The molecule has 3 fully saturated rings.